The van der Waals surface area contributed by atoms with Crippen LogP contribution in [0.5, 0.6) is 5.75 Å². The first kappa shape index (κ1) is 28.3. The SMILES string of the molecule is CC(C)OC(=O)Cc1ccc2c(c1)[C@@H](NC(=O)OC(C)(C)C)[C@H](OC(=O)OC(C)(C)C)C(C)(C)O2. The smallest absolute Gasteiger partial charge is 0.484 e. The third-order valence-electron chi connectivity index (χ3n) is 4.77. The van der Waals surface area contributed by atoms with E-state index in [1.807, 2.05) is 0 Å². The van der Waals surface area contributed by atoms with Gasteiger partial charge >= 0.3 is 18.2 Å². The number of amides is 1. The number of nitrogens with one attached hydrogen (secondary N) is 1. The molecule has 35 heavy (non-hydrogen) atoms. The Morgan fingerprint density at radius 2 is 1.63 bits per heavy atom. The Bertz CT molecular complexity index is 940. The first-order valence-electron chi connectivity index (χ1n) is 11.8. The minimum absolute atomic E-state index is 0.0333. The molecular formula is C26H39NO8. The van der Waals surface area contributed by atoms with Crippen molar-refractivity contribution in [2.75, 3.05) is 0 Å². The van der Waals surface area contributed by atoms with Gasteiger partial charge in [0.1, 0.15) is 28.6 Å². The largest absolute Gasteiger partial charge is 0.509 e. The van der Waals surface area contributed by atoms with Crippen molar-refractivity contribution in [2.24, 2.45) is 0 Å². The van der Waals surface area contributed by atoms with E-state index in [2.05, 4.69) is 5.32 Å². The Labute approximate surface area is 207 Å². The normalized spacial score (nSPS) is 19.2. The van der Waals surface area contributed by atoms with Gasteiger partial charge in [-0.3, -0.25) is 4.79 Å². The predicted molar refractivity (Wildman–Crippen MR) is 129 cm³/mol. The lowest BCUT2D eigenvalue weighted by atomic mass is 9.85. The zero-order valence-electron chi connectivity index (χ0n) is 22.4. The molecule has 1 aromatic rings. The van der Waals surface area contributed by atoms with Crippen LogP contribution in [0.15, 0.2) is 18.2 Å². The first-order chi connectivity index (χ1) is 15.9. The Balaban J connectivity index is 2.46. The molecule has 2 rings (SSSR count). The highest BCUT2D eigenvalue weighted by molar-refractivity contribution is 5.73. The summed E-state index contributed by atoms with van der Waals surface area (Å²) in [5.41, 5.74) is -1.34. The summed E-state index contributed by atoms with van der Waals surface area (Å²) in [4.78, 5) is 37.6. The van der Waals surface area contributed by atoms with Crippen LogP contribution in [0, 0.1) is 0 Å². The highest BCUT2D eigenvalue weighted by Crippen LogP contribution is 2.42. The Morgan fingerprint density at radius 3 is 2.17 bits per heavy atom. The van der Waals surface area contributed by atoms with E-state index in [1.54, 1.807) is 87.4 Å². The van der Waals surface area contributed by atoms with Crippen molar-refractivity contribution < 1.29 is 38.1 Å². The number of carbonyl (C=O) groups is 3. The molecule has 196 valence electrons. The molecule has 0 bridgehead atoms. The van der Waals surface area contributed by atoms with Crippen molar-refractivity contribution in [3.63, 3.8) is 0 Å². The molecule has 1 heterocycles. The van der Waals surface area contributed by atoms with Gasteiger partial charge in [-0.2, -0.15) is 0 Å². The molecule has 0 aliphatic carbocycles. The van der Waals surface area contributed by atoms with Crippen LogP contribution in [0.3, 0.4) is 0 Å². The number of fused-ring (bicyclic) bond motifs is 1. The Hall–Kier alpha value is -2.97. The average Bonchev–Trinajstić information content (AvgIpc) is 2.61. The minimum Gasteiger partial charge on any atom is -0.484 e. The van der Waals surface area contributed by atoms with Crippen LogP contribution in [-0.4, -0.2) is 47.2 Å². The van der Waals surface area contributed by atoms with Gasteiger partial charge < -0.3 is 29.0 Å². The van der Waals surface area contributed by atoms with Gasteiger partial charge in [0.25, 0.3) is 0 Å². The van der Waals surface area contributed by atoms with Gasteiger partial charge in [-0.25, -0.2) is 9.59 Å². The summed E-state index contributed by atoms with van der Waals surface area (Å²) in [7, 11) is 0. The van der Waals surface area contributed by atoms with Gasteiger partial charge in [-0.15, -0.1) is 0 Å². The molecule has 0 saturated carbocycles. The van der Waals surface area contributed by atoms with E-state index in [0.717, 1.165) is 0 Å². The molecule has 1 N–H and O–H groups in total. The second-order valence-corrected chi connectivity index (χ2v) is 11.4. The molecule has 0 aromatic heterocycles. The quantitative estimate of drug-likeness (QED) is 0.438. The average molecular weight is 494 g/mol. The molecule has 0 unspecified atom stereocenters. The Kier molecular flexibility index (Phi) is 8.35. The van der Waals surface area contributed by atoms with Crippen molar-refractivity contribution in [1.82, 2.24) is 5.32 Å². The van der Waals surface area contributed by atoms with Crippen LogP contribution in [-0.2, 0) is 30.2 Å². The van der Waals surface area contributed by atoms with E-state index in [-0.39, 0.29) is 18.5 Å². The van der Waals surface area contributed by atoms with Crippen molar-refractivity contribution in [3.05, 3.63) is 29.3 Å². The molecule has 1 aromatic carbocycles. The number of ether oxygens (including phenoxy) is 5. The Morgan fingerprint density at radius 1 is 1.03 bits per heavy atom. The number of rotatable bonds is 5. The predicted octanol–water partition coefficient (Wildman–Crippen LogP) is 5.24. The maximum atomic E-state index is 12.8. The number of esters is 1. The van der Waals surface area contributed by atoms with Gasteiger partial charge in [0.05, 0.1) is 12.5 Å². The topological polar surface area (TPSA) is 109 Å². The fourth-order valence-electron chi connectivity index (χ4n) is 3.60. The maximum Gasteiger partial charge on any atom is 0.509 e. The second-order valence-electron chi connectivity index (χ2n) is 11.4. The standard InChI is InChI=1S/C26H39NO8/c1-15(2)31-19(28)14-16-11-12-18-17(13-16)20(27-22(29)34-24(3,4)5)21(26(9,10)33-18)32-23(30)35-25(6,7)8/h11-13,15,20-21H,14H2,1-10H3,(H,27,29)/t20-,21+/m1/s1. The number of carbonyl (C=O) groups excluding carboxylic acids is 3. The van der Waals surface area contributed by atoms with Crippen molar-refractivity contribution >= 4 is 18.2 Å². The molecule has 1 aliphatic rings. The third kappa shape index (κ3) is 8.64. The molecule has 0 saturated heterocycles. The molecule has 9 nitrogen and oxygen atoms in total. The van der Waals surface area contributed by atoms with Crippen molar-refractivity contribution in [1.29, 1.82) is 0 Å². The lowest BCUT2D eigenvalue weighted by Gasteiger charge is -2.44. The van der Waals surface area contributed by atoms with Crippen LogP contribution >= 0.6 is 0 Å². The number of hydrogen-bond donors (Lipinski definition) is 1. The molecule has 2 atom stereocenters. The summed E-state index contributed by atoms with van der Waals surface area (Å²) in [6, 6.07) is 4.38. The summed E-state index contributed by atoms with van der Waals surface area (Å²) in [6.45, 7) is 17.5. The zero-order chi connectivity index (χ0) is 26.8. The summed E-state index contributed by atoms with van der Waals surface area (Å²) in [5.74, 6) is 0.108. The van der Waals surface area contributed by atoms with Gasteiger partial charge in [0.2, 0.25) is 0 Å². The highest BCUT2D eigenvalue weighted by Gasteiger charge is 2.48. The van der Waals surface area contributed by atoms with Gasteiger partial charge in [-0.05, 0) is 86.9 Å². The van der Waals surface area contributed by atoms with E-state index < -0.39 is 41.2 Å². The van der Waals surface area contributed by atoms with Crippen LogP contribution in [0.2, 0.25) is 0 Å². The zero-order valence-corrected chi connectivity index (χ0v) is 22.4. The van der Waals surface area contributed by atoms with Gasteiger partial charge in [0, 0.05) is 5.56 Å². The monoisotopic (exact) mass is 493 g/mol. The van der Waals surface area contributed by atoms with Crippen LogP contribution in [0.1, 0.15) is 86.4 Å². The summed E-state index contributed by atoms with van der Waals surface area (Å²) >= 11 is 0. The van der Waals surface area contributed by atoms with E-state index in [0.29, 0.717) is 16.9 Å². The van der Waals surface area contributed by atoms with E-state index >= 15 is 0 Å². The van der Waals surface area contributed by atoms with Gasteiger partial charge in [0.15, 0.2) is 6.10 Å². The number of hydrogen-bond acceptors (Lipinski definition) is 8. The molecule has 0 spiro atoms. The summed E-state index contributed by atoms with van der Waals surface area (Å²) in [5, 5.41) is 2.83. The lowest BCUT2D eigenvalue weighted by Crippen LogP contribution is -2.56. The molecule has 1 amide bonds. The fourth-order valence-corrected chi connectivity index (χ4v) is 3.60. The maximum absolute atomic E-state index is 12.8. The van der Waals surface area contributed by atoms with Crippen LogP contribution in [0.25, 0.3) is 0 Å². The molecule has 0 fully saturated rings. The van der Waals surface area contributed by atoms with Crippen molar-refractivity contribution in [3.8, 4) is 5.75 Å². The van der Waals surface area contributed by atoms with E-state index in [4.69, 9.17) is 23.7 Å². The second kappa shape index (κ2) is 10.3. The van der Waals surface area contributed by atoms with E-state index in [9.17, 15) is 14.4 Å². The molecule has 0 radical (unpaired) electrons. The molecule has 1 aliphatic heterocycles. The van der Waals surface area contributed by atoms with Crippen molar-refractivity contribution in [2.45, 2.75) is 111 Å². The summed E-state index contributed by atoms with van der Waals surface area (Å²) < 4.78 is 27.9. The van der Waals surface area contributed by atoms with Gasteiger partial charge in [-0.1, -0.05) is 6.07 Å². The molecule has 9 heteroatoms. The lowest BCUT2D eigenvalue weighted by molar-refractivity contribution is -0.146. The summed E-state index contributed by atoms with van der Waals surface area (Å²) in [6.07, 6.45) is -2.75. The number of benzene rings is 1. The van der Waals surface area contributed by atoms with Crippen LogP contribution < -0.4 is 10.1 Å². The highest BCUT2D eigenvalue weighted by atomic mass is 16.7. The number of alkyl carbamates (subject to hydrolysis) is 1. The molecular weight excluding hydrogens is 454 g/mol. The third-order valence-corrected chi connectivity index (χ3v) is 4.77. The first-order valence-corrected chi connectivity index (χ1v) is 11.8. The van der Waals surface area contributed by atoms with Crippen LogP contribution in [0.4, 0.5) is 9.59 Å². The van der Waals surface area contributed by atoms with E-state index in [1.165, 1.54) is 0 Å². The minimum atomic E-state index is -1.03. The fraction of sp³-hybridized carbons (Fsp3) is 0.654.